The molecule has 0 spiro atoms. The maximum atomic E-state index is 13.2. The maximum absolute atomic E-state index is 13.2. The fraction of sp³-hybridized carbons (Fsp3) is 0.474. The molecule has 1 fully saturated rings. The first-order chi connectivity index (χ1) is 12.5. The lowest BCUT2D eigenvalue weighted by Gasteiger charge is -2.23. The highest BCUT2D eigenvalue weighted by Gasteiger charge is 2.36. The summed E-state index contributed by atoms with van der Waals surface area (Å²) in [7, 11) is 3.26. The minimum absolute atomic E-state index is 0.0765. The quantitative estimate of drug-likeness (QED) is 0.729. The van der Waals surface area contributed by atoms with E-state index in [4.69, 9.17) is 9.47 Å². The maximum Gasteiger partial charge on any atom is 0.276 e. The van der Waals surface area contributed by atoms with E-state index in [0.717, 1.165) is 40.1 Å². The number of hydrogen-bond donors (Lipinski definition) is 1. The predicted molar refractivity (Wildman–Crippen MR) is 103 cm³/mol. The van der Waals surface area contributed by atoms with E-state index in [2.05, 4.69) is 40.0 Å². The largest absolute Gasteiger partial charge is 0.497 e. The molecule has 0 bridgehead atoms. The molecule has 6 nitrogen and oxygen atoms in total. The van der Waals surface area contributed by atoms with Crippen molar-refractivity contribution in [3.8, 4) is 11.5 Å². The second-order valence-corrected chi connectivity index (χ2v) is 7.59. The van der Waals surface area contributed by atoms with E-state index >= 15 is 0 Å². The third kappa shape index (κ3) is 3.72. The Balaban J connectivity index is 1.90. The Bertz CT molecular complexity index is 799. The smallest absolute Gasteiger partial charge is 0.276 e. The van der Waals surface area contributed by atoms with E-state index in [1.54, 1.807) is 14.2 Å². The lowest BCUT2D eigenvalue weighted by atomic mass is 10.1. The zero-order chi connectivity index (χ0) is 18.8. The molecule has 0 unspecified atom stereocenters. The van der Waals surface area contributed by atoms with E-state index in [9.17, 15) is 4.79 Å². The van der Waals surface area contributed by atoms with Gasteiger partial charge in [-0.2, -0.15) is 5.10 Å². The number of nitrogens with one attached hydrogen (secondary N) is 1. The molecule has 1 N–H and O–H groups in total. The highest BCUT2D eigenvalue weighted by Crippen LogP contribution is 2.34. The third-order valence-corrected chi connectivity index (χ3v) is 5.39. The number of H-pyrrole nitrogens is 1. The van der Waals surface area contributed by atoms with Gasteiger partial charge in [-0.15, -0.1) is 0 Å². The molecule has 3 rings (SSSR count). The summed E-state index contributed by atoms with van der Waals surface area (Å²) < 4.78 is 11.5. The molecule has 1 amide bonds. The normalized spacial score (nSPS) is 13.8. The lowest BCUT2D eigenvalue weighted by Crippen LogP contribution is -2.33. The summed E-state index contributed by atoms with van der Waals surface area (Å²) in [5.41, 5.74) is 2.29. The van der Waals surface area contributed by atoms with Crippen LogP contribution in [0.1, 0.15) is 54.4 Å². The molecule has 0 atom stereocenters. The van der Waals surface area contributed by atoms with Crippen LogP contribution in [0.3, 0.4) is 0 Å². The minimum Gasteiger partial charge on any atom is -0.497 e. The SMILES string of the molecule is COc1ccc(OC)c(CN(C(=O)c2n[nH]c(C(C)C)c2Br)C2CC2)c1. The first-order valence-corrected chi connectivity index (χ1v) is 9.51. The van der Waals surface area contributed by atoms with Crippen LogP contribution in [0.2, 0.25) is 0 Å². The van der Waals surface area contributed by atoms with E-state index in [-0.39, 0.29) is 17.9 Å². The first-order valence-electron chi connectivity index (χ1n) is 8.71. The molecule has 0 radical (unpaired) electrons. The Labute approximate surface area is 162 Å². The average molecular weight is 422 g/mol. The van der Waals surface area contributed by atoms with Crippen LogP contribution in [-0.4, -0.2) is 41.3 Å². The molecule has 0 aliphatic heterocycles. The highest BCUT2D eigenvalue weighted by atomic mass is 79.9. The molecule has 1 aliphatic carbocycles. The van der Waals surface area contributed by atoms with Gasteiger partial charge in [0.1, 0.15) is 11.5 Å². The zero-order valence-corrected chi connectivity index (χ0v) is 17.1. The standard InChI is InChI=1S/C19H24BrN3O3/c1-11(2)17-16(20)18(22-21-17)19(24)23(13-5-6-13)10-12-9-14(25-3)7-8-15(12)26-4/h7-9,11,13H,5-6,10H2,1-4H3,(H,21,22). The van der Waals surface area contributed by atoms with Crippen LogP contribution >= 0.6 is 15.9 Å². The number of aromatic nitrogens is 2. The van der Waals surface area contributed by atoms with Crippen molar-refractivity contribution in [3.63, 3.8) is 0 Å². The van der Waals surface area contributed by atoms with Crippen LogP contribution in [0.25, 0.3) is 0 Å². The molecule has 140 valence electrons. The van der Waals surface area contributed by atoms with Gasteiger partial charge in [0.25, 0.3) is 5.91 Å². The van der Waals surface area contributed by atoms with Gasteiger partial charge in [-0.05, 0) is 52.9 Å². The molecule has 1 aliphatic rings. The molecule has 1 aromatic heterocycles. The van der Waals surface area contributed by atoms with Crippen LogP contribution in [0.15, 0.2) is 22.7 Å². The van der Waals surface area contributed by atoms with Crippen molar-refractivity contribution in [1.82, 2.24) is 15.1 Å². The average Bonchev–Trinajstić information content (AvgIpc) is 3.40. The Hall–Kier alpha value is -2.02. The number of amides is 1. The van der Waals surface area contributed by atoms with Gasteiger partial charge < -0.3 is 14.4 Å². The van der Waals surface area contributed by atoms with Crippen molar-refractivity contribution in [2.24, 2.45) is 0 Å². The number of ether oxygens (including phenoxy) is 2. The number of rotatable bonds is 7. The molecule has 1 heterocycles. The summed E-state index contributed by atoms with van der Waals surface area (Å²) in [6, 6.07) is 5.88. The number of hydrogen-bond acceptors (Lipinski definition) is 4. The second kappa shape index (κ2) is 7.70. The minimum atomic E-state index is -0.0765. The van der Waals surface area contributed by atoms with E-state index in [1.807, 2.05) is 23.1 Å². The number of carbonyl (C=O) groups excluding carboxylic acids is 1. The van der Waals surface area contributed by atoms with E-state index in [0.29, 0.717) is 12.2 Å². The number of methoxy groups -OCH3 is 2. The molecular weight excluding hydrogens is 398 g/mol. The molecule has 2 aromatic rings. The van der Waals surface area contributed by atoms with Crippen molar-refractivity contribution >= 4 is 21.8 Å². The summed E-state index contributed by atoms with van der Waals surface area (Å²) in [6.45, 7) is 4.58. The van der Waals surface area contributed by atoms with Crippen molar-refractivity contribution < 1.29 is 14.3 Å². The highest BCUT2D eigenvalue weighted by molar-refractivity contribution is 9.10. The summed E-state index contributed by atoms with van der Waals surface area (Å²) in [6.07, 6.45) is 2.02. The van der Waals surface area contributed by atoms with Crippen LogP contribution in [0.5, 0.6) is 11.5 Å². The van der Waals surface area contributed by atoms with Crippen LogP contribution in [0.4, 0.5) is 0 Å². The Morgan fingerprint density at radius 1 is 1.35 bits per heavy atom. The molecule has 7 heteroatoms. The van der Waals surface area contributed by atoms with Gasteiger partial charge in [-0.3, -0.25) is 9.89 Å². The fourth-order valence-electron chi connectivity index (χ4n) is 2.94. The van der Waals surface area contributed by atoms with Crippen molar-refractivity contribution in [2.75, 3.05) is 14.2 Å². The van der Waals surface area contributed by atoms with Gasteiger partial charge in [0.2, 0.25) is 0 Å². The summed E-state index contributed by atoms with van der Waals surface area (Å²) in [5, 5.41) is 7.25. The lowest BCUT2D eigenvalue weighted by molar-refractivity contribution is 0.0721. The van der Waals surface area contributed by atoms with Gasteiger partial charge in [-0.25, -0.2) is 0 Å². The number of halogens is 1. The second-order valence-electron chi connectivity index (χ2n) is 6.80. The van der Waals surface area contributed by atoms with Crippen molar-refractivity contribution in [2.45, 2.75) is 45.2 Å². The third-order valence-electron chi connectivity index (χ3n) is 4.59. The number of aromatic amines is 1. The van der Waals surface area contributed by atoms with Gasteiger partial charge in [0, 0.05) is 11.6 Å². The Morgan fingerprint density at radius 2 is 2.08 bits per heavy atom. The molecule has 1 saturated carbocycles. The summed E-state index contributed by atoms with van der Waals surface area (Å²) in [5.74, 6) is 1.67. The number of nitrogens with zero attached hydrogens (tertiary/aromatic N) is 2. The summed E-state index contributed by atoms with van der Waals surface area (Å²) in [4.78, 5) is 15.1. The summed E-state index contributed by atoms with van der Waals surface area (Å²) >= 11 is 3.54. The molecule has 0 saturated heterocycles. The predicted octanol–water partition coefficient (Wildman–Crippen LogP) is 4.12. The molecule has 1 aromatic carbocycles. The van der Waals surface area contributed by atoms with Crippen LogP contribution in [0, 0.1) is 0 Å². The zero-order valence-electron chi connectivity index (χ0n) is 15.5. The number of carbonyl (C=O) groups is 1. The number of benzene rings is 1. The van der Waals surface area contributed by atoms with Gasteiger partial charge in [0.05, 0.1) is 30.9 Å². The van der Waals surface area contributed by atoms with Gasteiger partial charge >= 0.3 is 0 Å². The first kappa shape index (κ1) is 18.8. The Morgan fingerprint density at radius 3 is 2.62 bits per heavy atom. The fourth-order valence-corrected chi connectivity index (χ4v) is 3.75. The molecular formula is C19H24BrN3O3. The van der Waals surface area contributed by atoms with Gasteiger partial charge in [0.15, 0.2) is 5.69 Å². The van der Waals surface area contributed by atoms with Crippen LogP contribution < -0.4 is 9.47 Å². The van der Waals surface area contributed by atoms with Crippen molar-refractivity contribution in [1.29, 1.82) is 0 Å². The van der Waals surface area contributed by atoms with E-state index < -0.39 is 0 Å². The topological polar surface area (TPSA) is 67.5 Å². The van der Waals surface area contributed by atoms with Crippen molar-refractivity contribution in [3.05, 3.63) is 39.6 Å². The monoisotopic (exact) mass is 421 g/mol. The van der Waals surface area contributed by atoms with E-state index in [1.165, 1.54) is 0 Å². The van der Waals surface area contributed by atoms with Crippen LogP contribution in [-0.2, 0) is 6.54 Å². The van der Waals surface area contributed by atoms with Gasteiger partial charge in [-0.1, -0.05) is 13.8 Å². The molecule has 26 heavy (non-hydrogen) atoms. The Kier molecular flexibility index (Phi) is 5.55.